The maximum absolute atomic E-state index is 13.9. The van der Waals surface area contributed by atoms with Crippen molar-refractivity contribution in [2.45, 2.75) is 50.5 Å². The predicted octanol–water partition coefficient (Wildman–Crippen LogP) is 4.52. The van der Waals surface area contributed by atoms with Crippen molar-refractivity contribution in [3.05, 3.63) is 65.1 Å². The first-order valence-corrected chi connectivity index (χ1v) is 15.3. The summed E-state index contributed by atoms with van der Waals surface area (Å²) in [6.07, 6.45) is 1.63. The number of anilines is 2. The lowest BCUT2D eigenvalue weighted by Gasteiger charge is -2.43. The molecule has 6 rings (SSSR count). The normalized spacial score (nSPS) is 21.9. The summed E-state index contributed by atoms with van der Waals surface area (Å²) in [5, 5.41) is 22.8. The highest BCUT2D eigenvalue weighted by atomic mass is 35.5. The summed E-state index contributed by atoms with van der Waals surface area (Å²) >= 11 is 6.69. The second-order valence-electron chi connectivity index (χ2n) is 11.6. The van der Waals surface area contributed by atoms with Gasteiger partial charge in [0.25, 0.3) is 0 Å². The van der Waals surface area contributed by atoms with Crippen molar-refractivity contribution < 1.29 is 14.2 Å². The second-order valence-corrected chi connectivity index (χ2v) is 12.1. The number of nitriles is 1. The summed E-state index contributed by atoms with van der Waals surface area (Å²) in [4.78, 5) is 18.2. The number of likely N-dealkylation sites (tertiary alicyclic amines) is 1. The number of nitrogens with zero attached hydrogens (tertiary/aromatic N) is 7. The molecule has 2 aromatic carbocycles. The molecule has 3 atom stereocenters. The van der Waals surface area contributed by atoms with Gasteiger partial charge in [-0.25, -0.2) is 4.39 Å². The molecule has 3 aromatic rings. The van der Waals surface area contributed by atoms with Crippen LogP contribution in [0.15, 0.2) is 48.8 Å². The van der Waals surface area contributed by atoms with Crippen molar-refractivity contribution in [1.82, 2.24) is 19.8 Å². The average Bonchev–Trinajstić information content (AvgIpc) is 3.43. The predicted molar refractivity (Wildman–Crippen MR) is 166 cm³/mol. The Balaban J connectivity index is 1.33. The molecular formula is C32H37ClFN7O2. The molecule has 4 heterocycles. The number of fused-ring (bicyclic) bond motifs is 2. The summed E-state index contributed by atoms with van der Waals surface area (Å²) < 4.78 is 20.2. The summed E-state index contributed by atoms with van der Waals surface area (Å²) in [5.74, 6) is -0.0384. The number of halogens is 2. The van der Waals surface area contributed by atoms with Crippen LogP contribution in [0.4, 0.5) is 15.9 Å². The number of hydrogen-bond donors (Lipinski definition) is 1. The van der Waals surface area contributed by atoms with Crippen LogP contribution in [0.2, 0.25) is 5.02 Å². The van der Waals surface area contributed by atoms with Crippen molar-refractivity contribution in [3.8, 4) is 12.1 Å². The van der Waals surface area contributed by atoms with Crippen LogP contribution in [0.1, 0.15) is 30.5 Å². The van der Waals surface area contributed by atoms with Gasteiger partial charge in [-0.1, -0.05) is 42.4 Å². The molecule has 3 aliphatic heterocycles. The summed E-state index contributed by atoms with van der Waals surface area (Å²) in [6.45, 7) is 7.43. The van der Waals surface area contributed by atoms with Crippen LogP contribution in [0, 0.1) is 11.3 Å². The Hall–Kier alpha value is -3.49. The third-order valence-corrected chi connectivity index (χ3v) is 9.34. The minimum atomic E-state index is -1.44. The molecule has 11 heteroatoms. The topological polar surface area (TPSA) is 92.0 Å². The highest BCUT2D eigenvalue weighted by molar-refractivity contribution is 6.36. The second kappa shape index (κ2) is 12.6. The van der Waals surface area contributed by atoms with E-state index in [1.54, 1.807) is 4.90 Å². The van der Waals surface area contributed by atoms with Gasteiger partial charge in [-0.2, -0.15) is 15.2 Å². The number of hydrogen-bond acceptors (Lipinski definition) is 9. The molecule has 2 saturated heterocycles. The zero-order valence-electron chi connectivity index (χ0n) is 24.4. The molecule has 9 nitrogen and oxygen atoms in total. The van der Waals surface area contributed by atoms with Crippen LogP contribution in [0.3, 0.4) is 0 Å². The molecule has 0 amide bonds. The van der Waals surface area contributed by atoms with Crippen molar-refractivity contribution in [2.24, 2.45) is 0 Å². The van der Waals surface area contributed by atoms with Crippen LogP contribution < -0.4 is 14.5 Å². The maximum atomic E-state index is 13.9. The highest BCUT2D eigenvalue weighted by Gasteiger charge is 2.35. The number of ether oxygens (including phenoxy) is 1. The van der Waals surface area contributed by atoms with Crippen LogP contribution >= 0.6 is 11.6 Å². The summed E-state index contributed by atoms with van der Waals surface area (Å²) in [5.41, 5.74) is 3.01. The van der Waals surface area contributed by atoms with Gasteiger partial charge < -0.3 is 24.5 Å². The smallest absolute Gasteiger partial charge is 0.318 e. The first kappa shape index (κ1) is 29.6. The number of aliphatic hydroxyl groups excluding tert-OH is 1. The minimum Gasteiger partial charge on any atom is -0.462 e. The fourth-order valence-electron chi connectivity index (χ4n) is 6.67. The number of piperazine rings is 1. The largest absolute Gasteiger partial charge is 0.462 e. The van der Waals surface area contributed by atoms with E-state index in [1.165, 1.54) is 0 Å². The van der Waals surface area contributed by atoms with E-state index in [9.17, 15) is 14.8 Å². The quantitative estimate of drug-likeness (QED) is 0.398. The minimum absolute atomic E-state index is 0.140. The molecule has 1 unspecified atom stereocenters. The van der Waals surface area contributed by atoms with Gasteiger partial charge in [0.1, 0.15) is 18.3 Å². The van der Waals surface area contributed by atoms with Gasteiger partial charge in [-0.3, -0.25) is 4.90 Å². The lowest BCUT2D eigenvalue weighted by molar-refractivity contribution is -0.0167. The Morgan fingerprint density at radius 2 is 1.98 bits per heavy atom. The summed E-state index contributed by atoms with van der Waals surface area (Å²) in [7, 11) is 2.11. The van der Waals surface area contributed by atoms with Crippen LogP contribution in [0.5, 0.6) is 6.01 Å². The SMILES string of the molecule is C=C(F)C(O)N1CCN(c2nc(OC[C@@H]3CCCN3C)nc3c2CCN(c2cccc4cccc(Cl)c24)C3)C[C@@H]1CC#N. The van der Waals surface area contributed by atoms with Crippen molar-refractivity contribution in [2.75, 3.05) is 56.2 Å². The van der Waals surface area contributed by atoms with Crippen molar-refractivity contribution in [3.63, 3.8) is 0 Å². The lowest BCUT2D eigenvalue weighted by atomic mass is 10.0. The molecule has 0 spiro atoms. The van der Waals surface area contributed by atoms with Crippen molar-refractivity contribution >= 4 is 33.9 Å². The number of aliphatic hydroxyl groups is 1. The molecule has 0 saturated carbocycles. The van der Waals surface area contributed by atoms with Gasteiger partial charge in [-0.15, -0.1) is 0 Å². The van der Waals surface area contributed by atoms with E-state index < -0.39 is 12.1 Å². The van der Waals surface area contributed by atoms with Crippen molar-refractivity contribution in [1.29, 1.82) is 5.26 Å². The van der Waals surface area contributed by atoms with Crippen LogP contribution in [-0.4, -0.2) is 89.6 Å². The molecule has 0 radical (unpaired) electrons. The van der Waals surface area contributed by atoms with E-state index in [2.05, 4.69) is 58.7 Å². The van der Waals surface area contributed by atoms with Gasteiger partial charge in [0.05, 0.1) is 29.8 Å². The lowest BCUT2D eigenvalue weighted by Crippen LogP contribution is -2.57. The molecule has 3 aliphatic rings. The van der Waals surface area contributed by atoms with E-state index in [1.807, 2.05) is 12.1 Å². The first-order valence-electron chi connectivity index (χ1n) is 14.9. The summed E-state index contributed by atoms with van der Waals surface area (Å²) in [6, 6.07) is 14.6. The molecule has 0 aliphatic carbocycles. The Morgan fingerprint density at radius 1 is 1.16 bits per heavy atom. The molecule has 1 aromatic heterocycles. The first-order chi connectivity index (χ1) is 20.8. The number of rotatable bonds is 8. The Labute approximate surface area is 256 Å². The molecule has 43 heavy (non-hydrogen) atoms. The molecule has 1 N–H and O–H groups in total. The van der Waals surface area contributed by atoms with Gasteiger partial charge in [0.2, 0.25) is 0 Å². The third-order valence-electron chi connectivity index (χ3n) is 9.02. The number of benzene rings is 2. The van der Waals surface area contributed by atoms with Crippen LogP contribution in [0.25, 0.3) is 10.8 Å². The van der Waals surface area contributed by atoms with E-state index in [0.29, 0.717) is 56.3 Å². The Bertz CT molecular complexity index is 1540. The van der Waals surface area contributed by atoms with Gasteiger partial charge in [0.15, 0.2) is 6.23 Å². The third kappa shape index (κ3) is 6.00. The van der Waals surface area contributed by atoms with Gasteiger partial charge in [0, 0.05) is 54.9 Å². The molecule has 0 bridgehead atoms. The number of aromatic nitrogens is 2. The Morgan fingerprint density at radius 3 is 2.72 bits per heavy atom. The number of likely N-dealkylation sites (N-methyl/N-ethyl adjacent to an activating group) is 1. The van der Waals surface area contributed by atoms with E-state index in [4.69, 9.17) is 26.3 Å². The van der Waals surface area contributed by atoms with Crippen LogP contribution in [-0.2, 0) is 13.0 Å². The molecule has 2 fully saturated rings. The molecular weight excluding hydrogens is 569 g/mol. The van der Waals surface area contributed by atoms with Gasteiger partial charge >= 0.3 is 6.01 Å². The zero-order chi connectivity index (χ0) is 30.1. The van der Waals surface area contributed by atoms with E-state index >= 15 is 0 Å². The monoisotopic (exact) mass is 605 g/mol. The zero-order valence-corrected chi connectivity index (χ0v) is 25.2. The highest BCUT2D eigenvalue weighted by Crippen LogP contribution is 2.37. The maximum Gasteiger partial charge on any atom is 0.318 e. The fourth-order valence-corrected chi connectivity index (χ4v) is 6.95. The van der Waals surface area contributed by atoms with Gasteiger partial charge in [-0.05, 0) is 50.4 Å². The average molecular weight is 606 g/mol. The van der Waals surface area contributed by atoms with E-state index in [-0.39, 0.29) is 12.5 Å². The molecule has 226 valence electrons. The fraction of sp³-hybridized carbons (Fsp3) is 0.469. The standard InChI is InChI=1S/C32H37ClFN7O2/c1-21(34)31(42)41-17-16-40(18-23(41)11-13-35)30-25-12-15-39(28-10-4-7-22-6-3-9-26(33)29(22)28)19-27(25)36-32(37-30)43-20-24-8-5-14-38(24)2/h3-4,6-7,9-10,23-24,31,42H,1,5,8,11-12,14-20H2,2H3/t23-,24-,31?/m0/s1. The Kier molecular flexibility index (Phi) is 8.68. The van der Waals surface area contributed by atoms with E-state index in [0.717, 1.165) is 59.5 Å².